The van der Waals surface area contributed by atoms with Gasteiger partial charge in [-0.25, -0.2) is 14.6 Å². The van der Waals surface area contributed by atoms with Gasteiger partial charge in [0, 0.05) is 17.9 Å². The molecule has 1 amide bonds. The molecule has 0 spiro atoms. The number of anilines is 1. The number of aryl methyl sites for hydroxylation is 2. The van der Waals surface area contributed by atoms with Crippen LogP contribution in [0.15, 0.2) is 33.9 Å². The summed E-state index contributed by atoms with van der Waals surface area (Å²) in [6.45, 7) is 7.86. The number of carbonyl (C=O) groups is 2. The molecule has 32 heavy (non-hydrogen) atoms. The van der Waals surface area contributed by atoms with Crippen LogP contribution in [0.5, 0.6) is 0 Å². The molecule has 0 fully saturated rings. The van der Waals surface area contributed by atoms with Gasteiger partial charge in [0.2, 0.25) is 0 Å². The van der Waals surface area contributed by atoms with Crippen LogP contribution in [-0.2, 0) is 11.3 Å². The van der Waals surface area contributed by atoms with E-state index in [9.17, 15) is 19.2 Å². The smallest absolute Gasteiger partial charge is 0.337 e. The lowest BCUT2D eigenvalue weighted by Crippen LogP contribution is -2.32. The zero-order chi connectivity index (χ0) is 23.6. The van der Waals surface area contributed by atoms with E-state index < -0.39 is 23.1 Å². The van der Waals surface area contributed by atoms with Crippen molar-refractivity contribution in [1.29, 1.82) is 0 Å². The summed E-state index contributed by atoms with van der Waals surface area (Å²) in [6.07, 6.45) is 0.648. The number of nitrogens with zero attached hydrogens (tertiary/aromatic N) is 2. The average molecular weight is 438 g/mol. The predicted molar refractivity (Wildman–Crippen MR) is 121 cm³/mol. The fourth-order valence-corrected chi connectivity index (χ4v) is 3.39. The minimum atomic E-state index is -0.676. The Morgan fingerprint density at radius 2 is 1.94 bits per heavy atom. The number of nitrogens with one attached hydrogen (secondary N) is 2. The van der Waals surface area contributed by atoms with E-state index in [-0.39, 0.29) is 28.1 Å². The van der Waals surface area contributed by atoms with Crippen molar-refractivity contribution in [3.8, 4) is 0 Å². The Morgan fingerprint density at radius 1 is 1.22 bits per heavy atom. The number of H-pyrrole nitrogens is 1. The number of carbonyl (C=O) groups excluding carboxylic acids is 2. The minimum absolute atomic E-state index is 0.0418. The molecule has 2 N–H and O–H groups in total. The highest BCUT2D eigenvalue weighted by Crippen LogP contribution is 2.23. The maximum atomic E-state index is 13.3. The Balaban J connectivity index is 2.21. The maximum Gasteiger partial charge on any atom is 0.337 e. The summed E-state index contributed by atoms with van der Waals surface area (Å²) in [4.78, 5) is 57.1. The fourth-order valence-electron chi connectivity index (χ4n) is 3.39. The number of pyridine rings is 1. The highest BCUT2D eigenvalue weighted by molar-refractivity contribution is 6.12. The number of aromatic amines is 1. The van der Waals surface area contributed by atoms with E-state index in [1.165, 1.54) is 17.7 Å². The molecule has 9 heteroatoms. The summed E-state index contributed by atoms with van der Waals surface area (Å²) < 4.78 is 6.12. The van der Waals surface area contributed by atoms with Crippen LogP contribution < -0.4 is 16.6 Å². The topological polar surface area (TPSA) is 123 Å². The lowest BCUT2D eigenvalue weighted by molar-refractivity contribution is 0.0600. The molecule has 0 aliphatic carbocycles. The third-order valence-electron chi connectivity index (χ3n) is 5.16. The molecule has 3 rings (SSSR count). The molecule has 3 aromatic rings. The van der Waals surface area contributed by atoms with E-state index >= 15 is 0 Å². The van der Waals surface area contributed by atoms with E-state index in [1.807, 2.05) is 20.8 Å². The van der Waals surface area contributed by atoms with Gasteiger partial charge in [-0.05, 0) is 43.0 Å². The monoisotopic (exact) mass is 438 g/mol. The van der Waals surface area contributed by atoms with E-state index in [0.717, 1.165) is 5.56 Å². The molecule has 1 aromatic carbocycles. The molecule has 0 bridgehead atoms. The van der Waals surface area contributed by atoms with Crippen molar-refractivity contribution in [3.05, 3.63) is 67.5 Å². The van der Waals surface area contributed by atoms with Gasteiger partial charge in [-0.2, -0.15) is 0 Å². The molecule has 2 heterocycles. The number of benzene rings is 1. The number of hydrogen-bond acceptors (Lipinski definition) is 6. The minimum Gasteiger partial charge on any atom is -0.465 e. The zero-order valence-corrected chi connectivity index (χ0v) is 18.7. The largest absolute Gasteiger partial charge is 0.465 e. The van der Waals surface area contributed by atoms with Crippen molar-refractivity contribution in [3.63, 3.8) is 0 Å². The third-order valence-corrected chi connectivity index (χ3v) is 5.16. The lowest BCUT2D eigenvalue weighted by Gasteiger charge is -2.15. The van der Waals surface area contributed by atoms with Crippen LogP contribution in [0.2, 0.25) is 0 Å². The molecule has 0 atom stereocenters. The van der Waals surface area contributed by atoms with E-state index in [4.69, 9.17) is 4.74 Å². The molecular formula is C23H26N4O5. The number of ether oxygens (including phenoxy) is 1. The van der Waals surface area contributed by atoms with Crippen molar-refractivity contribution in [2.24, 2.45) is 0 Å². The Kier molecular flexibility index (Phi) is 6.57. The van der Waals surface area contributed by atoms with Crippen LogP contribution >= 0.6 is 0 Å². The molecule has 0 unspecified atom stereocenters. The summed E-state index contributed by atoms with van der Waals surface area (Å²) in [5.41, 5.74) is 1.04. The summed E-state index contributed by atoms with van der Waals surface area (Å²) in [5, 5.41) is 2.83. The molecule has 0 aliphatic rings. The first-order chi connectivity index (χ1) is 15.2. The van der Waals surface area contributed by atoms with Gasteiger partial charge < -0.3 is 10.1 Å². The van der Waals surface area contributed by atoms with Gasteiger partial charge in [-0.1, -0.05) is 26.8 Å². The van der Waals surface area contributed by atoms with Crippen molar-refractivity contribution >= 4 is 28.6 Å². The van der Waals surface area contributed by atoms with Crippen LogP contribution in [0, 0.1) is 6.92 Å². The predicted octanol–water partition coefficient (Wildman–Crippen LogP) is 2.97. The average Bonchev–Trinajstić information content (AvgIpc) is 2.76. The first kappa shape index (κ1) is 22.9. The number of aromatic nitrogens is 3. The van der Waals surface area contributed by atoms with Crippen molar-refractivity contribution in [1.82, 2.24) is 14.5 Å². The quantitative estimate of drug-likeness (QED) is 0.571. The number of methoxy groups -OCH3 is 1. The summed E-state index contributed by atoms with van der Waals surface area (Å²) in [6, 6.07) is 6.38. The van der Waals surface area contributed by atoms with Gasteiger partial charge in [0.25, 0.3) is 11.5 Å². The van der Waals surface area contributed by atoms with Crippen LogP contribution in [0.25, 0.3) is 11.0 Å². The lowest BCUT2D eigenvalue weighted by atomic mass is 10.0. The van der Waals surface area contributed by atoms with E-state index in [0.29, 0.717) is 24.3 Å². The number of esters is 1. The summed E-state index contributed by atoms with van der Waals surface area (Å²) in [7, 11) is 1.28. The van der Waals surface area contributed by atoms with Crippen LogP contribution in [0.4, 0.5) is 5.69 Å². The first-order valence-corrected chi connectivity index (χ1v) is 10.4. The van der Waals surface area contributed by atoms with Gasteiger partial charge in [-0.15, -0.1) is 0 Å². The first-order valence-electron chi connectivity index (χ1n) is 10.4. The molecule has 0 radical (unpaired) electrons. The van der Waals surface area contributed by atoms with E-state index in [2.05, 4.69) is 15.3 Å². The van der Waals surface area contributed by atoms with E-state index in [1.54, 1.807) is 25.1 Å². The standard InChI is InChI=1S/C23H26N4O5/c1-6-9-27-19-18(21(29)26-23(27)31)15(11-16(24-19)12(2)3)20(28)25-17-10-14(22(30)32-5)8-7-13(17)4/h7-8,10-12H,6,9H2,1-5H3,(H,25,28)(H,26,29,31). The molecule has 0 saturated heterocycles. The van der Waals surface area contributed by atoms with Crippen LogP contribution in [0.3, 0.4) is 0 Å². The van der Waals surface area contributed by atoms with Gasteiger partial charge in [0.05, 0.1) is 23.6 Å². The summed E-state index contributed by atoms with van der Waals surface area (Å²) >= 11 is 0. The van der Waals surface area contributed by atoms with Gasteiger partial charge in [0.1, 0.15) is 0 Å². The van der Waals surface area contributed by atoms with Crippen molar-refractivity contribution < 1.29 is 14.3 Å². The molecule has 0 saturated carbocycles. The molecule has 9 nitrogen and oxygen atoms in total. The molecule has 2 aromatic heterocycles. The van der Waals surface area contributed by atoms with Crippen LogP contribution in [-0.4, -0.2) is 33.5 Å². The van der Waals surface area contributed by atoms with Gasteiger partial charge >= 0.3 is 11.7 Å². The molecular weight excluding hydrogens is 412 g/mol. The Bertz CT molecular complexity index is 1320. The Hall–Kier alpha value is -3.75. The second-order valence-electron chi connectivity index (χ2n) is 7.83. The van der Waals surface area contributed by atoms with Crippen LogP contribution in [0.1, 0.15) is 65.1 Å². The second-order valence-corrected chi connectivity index (χ2v) is 7.83. The Morgan fingerprint density at radius 3 is 2.56 bits per heavy atom. The Labute approximate surface area is 184 Å². The number of hydrogen-bond donors (Lipinski definition) is 2. The van der Waals surface area contributed by atoms with Gasteiger partial charge in [0.15, 0.2) is 5.65 Å². The summed E-state index contributed by atoms with van der Waals surface area (Å²) in [5.74, 6) is -1.12. The van der Waals surface area contributed by atoms with Gasteiger partial charge in [-0.3, -0.25) is 19.1 Å². The number of amides is 1. The highest BCUT2D eigenvalue weighted by Gasteiger charge is 2.21. The van der Waals surface area contributed by atoms with Crippen molar-refractivity contribution in [2.75, 3.05) is 12.4 Å². The second kappa shape index (κ2) is 9.17. The third kappa shape index (κ3) is 4.32. The van der Waals surface area contributed by atoms with Crippen molar-refractivity contribution in [2.45, 2.75) is 46.6 Å². The molecule has 0 aliphatic heterocycles. The fraction of sp³-hybridized carbons (Fsp3) is 0.348. The maximum absolute atomic E-state index is 13.3. The normalized spacial score (nSPS) is 11.1. The molecule has 168 valence electrons. The number of fused-ring (bicyclic) bond motifs is 1. The number of rotatable bonds is 6. The zero-order valence-electron chi connectivity index (χ0n) is 18.7. The highest BCUT2D eigenvalue weighted by atomic mass is 16.5. The SMILES string of the molecule is CCCn1c(=O)[nH]c(=O)c2c(C(=O)Nc3cc(C(=O)OC)ccc3C)cc(C(C)C)nc21.